The maximum Gasteiger partial charge on any atom is 0.229 e. The van der Waals surface area contributed by atoms with E-state index >= 15 is 0 Å². The molecule has 0 aromatic heterocycles. The van der Waals surface area contributed by atoms with E-state index in [1.54, 1.807) is 23.9 Å². The Morgan fingerprint density at radius 2 is 1.71 bits per heavy atom. The van der Waals surface area contributed by atoms with E-state index in [1.807, 2.05) is 30.5 Å². The van der Waals surface area contributed by atoms with Crippen molar-refractivity contribution in [3.8, 4) is 5.75 Å². The van der Waals surface area contributed by atoms with Gasteiger partial charge < -0.3 is 35.2 Å². The molecule has 1 saturated heterocycles. The highest BCUT2D eigenvalue weighted by molar-refractivity contribution is 7.98. The molecule has 1 aliphatic rings. The van der Waals surface area contributed by atoms with Crippen molar-refractivity contribution in [3.05, 3.63) is 54.1 Å². The van der Waals surface area contributed by atoms with Gasteiger partial charge in [-0.3, -0.25) is 0 Å². The van der Waals surface area contributed by atoms with Crippen molar-refractivity contribution in [2.24, 2.45) is 0 Å². The Hall–Kier alpha value is -1.81. The van der Waals surface area contributed by atoms with Gasteiger partial charge in [-0.1, -0.05) is 24.3 Å². The predicted octanol–water partition coefficient (Wildman–Crippen LogP) is 1.20. The molecule has 1 aliphatic heterocycles. The highest BCUT2D eigenvalue weighted by Gasteiger charge is 2.44. The van der Waals surface area contributed by atoms with E-state index in [9.17, 15) is 20.4 Å². The Morgan fingerprint density at radius 1 is 1.00 bits per heavy atom. The smallest absolute Gasteiger partial charge is 0.229 e. The third kappa shape index (κ3) is 4.78. The van der Waals surface area contributed by atoms with Gasteiger partial charge in [0.25, 0.3) is 0 Å². The van der Waals surface area contributed by atoms with E-state index in [0.717, 1.165) is 5.56 Å². The largest absolute Gasteiger partial charge is 0.460 e. The van der Waals surface area contributed by atoms with Crippen molar-refractivity contribution in [2.45, 2.75) is 42.1 Å². The lowest BCUT2D eigenvalue weighted by Gasteiger charge is -2.39. The van der Waals surface area contributed by atoms with Crippen LogP contribution >= 0.6 is 11.8 Å². The third-order valence-electron chi connectivity index (χ3n) is 4.62. The molecule has 5 atom stereocenters. The molecule has 8 heteroatoms. The van der Waals surface area contributed by atoms with Gasteiger partial charge in [0.1, 0.15) is 30.2 Å². The van der Waals surface area contributed by atoms with E-state index in [2.05, 4.69) is 17.4 Å². The second-order valence-corrected chi connectivity index (χ2v) is 7.39. The summed E-state index contributed by atoms with van der Waals surface area (Å²) in [6.45, 7) is 0.0699. The van der Waals surface area contributed by atoms with Gasteiger partial charge in [-0.15, -0.1) is 11.8 Å². The monoisotopic (exact) mass is 407 g/mol. The first-order valence-corrected chi connectivity index (χ1v) is 10.2. The summed E-state index contributed by atoms with van der Waals surface area (Å²) in [5.74, 6) is 0.424. The molecule has 2 aromatic carbocycles. The minimum Gasteiger partial charge on any atom is -0.460 e. The number of para-hydroxylation sites is 2. The van der Waals surface area contributed by atoms with Gasteiger partial charge in [0.2, 0.25) is 6.29 Å². The van der Waals surface area contributed by atoms with Crippen LogP contribution in [-0.4, -0.2) is 64.0 Å². The summed E-state index contributed by atoms with van der Waals surface area (Å²) in [4.78, 5) is 1.19. The highest BCUT2D eigenvalue weighted by atomic mass is 32.2. The van der Waals surface area contributed by atoms with Gasteiger partial charge in [0, 0.05) is 11.4 Å². The number of nitrogens with one attached hydrogen (secondary N) is 1. The molecule has 3 rings (SSSR count). The predicted molar refractivity (Wildman–Crippen MR) is 106 cm³/mol. The van der Waals surface area contributed by atoms with Crippen molar-refractivity contribution in [2.75, 3.05) is 18.2 Å². The van der Waals surface area contributed by atoms with Crippen molar-refractivity contribution >= 4 is 17.4 Å². The number of thioether (sulfide) groups is 1. The fraction of sp³-hybridized carbons (Fsp3) is 0.400. The number of hydrogen-bond donors (Lipinski definition) is 5. The average Bonchev–Trinajstić information content (AvgIpc) is 2.73. The second-order valence-electron chi connectivity index (χ2n) is 6.51. The molecule has 0 unspecified atom stereocenters. The summed E-state index contributed by atoms with van der Waals surface area (Å²) >= 11 is 1.68. The van der Waals surface area contributed by atoms with Gasteiger partial charge in [0.15, 0.2) is 0 Å². The molecule has 0 aliphatic carbocycles. The van der Waals surface area contributed by atoms with E-state index in [-0.39, 0.29) is 0 Å². The number of ether oxygens (including phenoxy) is 2. The molecule has 2 aromatic rings. The molecule has 0 spiro atoms. The molecular formula is C20H25NO6S. The van der Waals surface area contributed by atoms with Crippen LogP contribution in [0.3, 0.4) is 0 Å². The number of hydrogen-bond acceptors (Lipinski definition) is 8. The molecule has 28 heavy (non-hydrogen) atoms. The van der Waals surface area contributed by atoms with Crippen molar-refractivity contribution < 1.29 is 29.9 Å². The van der Waals surface area contributed by atoms with Crippen LogP contribution in [0.1, 0.15) is 5.56 Å². The first-order valence-electron chi connectivity index (χ1n) is 8.96. The molecular weight excluding hydrogens is 382 g/mol. The summed E-state index contributed by atoms with van der Waals surface area (Å²) in [6.07, 6.45) is -4.56. The van der Waals surface area contributed by atoms with Crippen LogP contribution in [0.4, 0.5) is 5.69 Å². The first-order chi connectivity index (χ1) is 13.5. The van der Waals surface area contributed by atoms with Crippen molar-refractivity contribution in [1.82, 2.24) is 0 Å². The molecule has 5 N–H and O–H groups in total. The highest BCUT2D eigenvalue weighted by Crippen LogP contribution is 2.29. The maximum absolute atomic E-state index is 10.2. The maximum atomic E-state index is 10.2. The summed E-state index contributed by atoms with van der Waals surface area (Å²) in [5, 5.41) is 42.6. The van der Waals surface area contributed by atoms with Crippen molar-refractivity contribution in [1.29, 1.82) is 0 Å². The minimum atomic E-state index is -1.48. The number of rotatable bonds is 7. The van der Waals surface area contributed by atoms with Gasteiger partial charge in [-0.25, -0.2) is 0 Å². The zero-order valence-corrected chi connectivity index (χ0v) is 16.2. The summed E-state index contributed by atoms with van der Waals surface area (Å²) in [6, 6.07) is 15.4. The van der Waals surface area contributed by atoms with Crippen LogP contribution in [0.25, 0.3) is 0 Å². The molecule has 0 saturated carbocycles. The van der Waals surface area contributed by atoms with Crippen LogP contribution in [0, 0.1) is 0 Å². The molecule has 152 valence electrons. The Morgan fingerprint density at radius 3 is 2.39 bits per heavy atom. The Balaban J connectivity index is 1.69. The van der Waals surface area contributed by atoms with E-state index < -0.39 is 37.3 Å². The Labute approximate surface area is 167 Å². The van der Waals surface area contributed by atoms with Crippen LogP contribution in [-0.2, 0) is 11.3 Å². The number of aliphatic hydroxyl groups excluding tert-OH is 4. The molecule has 1 heterocycles. The fourth-order valence-corrected chi connectivity index (χ4v) is 3.35. The lowest BCUT2D eigenvalue weighted by molar-refractivity contribution is -0.277. The Bertz CT molecular complexity index is 757. The molecule has 0 radical (unpaired) electrons. The fourth-order valence-electron chi connectivity index (χ4n) is 2.95. The topological polar surface area (TPSA) is 111 Å². The molecule has 7 nitrogen and oxygen atoms in total. The van der Waals surface area contributed by atoms with E-state index in [0.29, 0.717) is 18.0 Å². The third-order valence-corrected chi connectivity index (χ3v) is 5.36. The number of aliphatic hydroxyl groups is 4. The SMILES string of the molecule is CSc1ccc(CNc2ccccc2O[C@@H]2O[C@H](CO)[C@@H](O)[C@H](O)[C@H]2O)cc1. The lowest BCUT2D eigenvalue weighted by atomic mass is 9.99. The first kappa shape index (κ1) is 20.9. The molecule has 1 fully saturated rings. The van der Waals surface area contributed by atoms with Gasteiger partial charge in [0.05, 0.1) is 12.3 Å². The zero-order chi connectivity index (χ0) is 20.1. The van der Waals surface area contributed by atoms with Gasteiger partial charge in [-0.2, -0.15) is 0 Å². The standard InChI is InChI=1S/C20H25NO6S/c1-28-13-8-6-12(7-9-13)10-21-14-4-2-3-5-15(14)26-20-19(25)18(24)17(23)16(11-22)27-20/h2-9,16-25H,10-11H2,1H3/t16-,17-,18+,19-,20-/m1/s1. The normalized spacial score (nSPS) is 27.4. The second kappa shape index (κ2) is 9.60. The quantitative estimate of drug-likeness (QED) is 0.436. The molecule has 0 amide bonds. The summed E-state index contributed by atoms with van der Waals surface area (Å²) in [7, 11) is 0. The summed E-state index contributed by atoms with van der Waals surface area (Å²) in [5.41, 5.74) is 1.79. The zero-order valence-electron chi connectivity index (χ0n) is 15.4. The van der Waals surface area contributed by atoms with Crippen molar-refractivity contribution in [3.63, 3.8) is 0 Å². The van der Waals surface area contributed by atoms with Crippen LogP contribution in [0.5, 0.6) is 5.75 Å². The van der Waals surface area contributed by atoms with Crippen LogP contribution < -0.4 is 10.1 Å². The summed E-state index contributed by atoms with van der Waals surface area (Å²) < 4.78 is 11.2. The number of anilines is 1. The molecule has 0 bridgehead atoms. The van der Waals surface area contributed by atoms with E-state index in [1.165, 1.54) is 4.90 Å². The lowest BCUT2D eigenvalue weighted by Crippen LogP contribution is -2.60. The Kier molecular flexibility index (Phi) is 7.17. The van der Waals surface area contributed by atoms with Gasteiger partial charge in [-0.05, 0) is 36.1 Å². The minimum absolute atomic E-state index is 0.424. The number of benzene rings is 2. The van der Waals surface area contributed by atoms with Gasteiger partial charge >= 0.3 is 0 Å². The van der Waals surface area contributed by atoms with Crippen LogP contribution in [0.15, 0.2) is 53.4 Å². The average molecular weight is 407 g/mol. The van der Waals surface area contributed by atoms with Crippen LogP contribution in [0.2, 0.25) is 0 Å². The van der Waals surface area contributed by atoms with E-state index in [4.69, 9.17) is 9.47 Å².